The van der Waals surface area contributed by atoms with Gasteiger partial charge in [0.15, 0.2) is 0 Å². The summed E-state index contributed by atoms with van der Waals surface area (Å²) < 4.78 is 44.7. The molecular formula is C20H24F3NO2. The van der Waals surface area contributed by atoms with Gasteiger partial charge in [0, 0.05) is 0 Å². The molecule has 1 N–H and O–H groups in total. The van der Waals surface area contributed by atoms with Crippen molar-refractivity contribution in [3.05, 3.63) is 23.8 Å². The predicted molar refractivity (Wildman–Crippen MR) is 91.8 cm³/mol. The van der Waals surface area contributed by atoms with Gasteiger partial charge in [-0.3, -0.25) is 4.79 Å². The molecule has 4 fully saturated rings. The van der Waals surface area contributed by atoms with Crippen LogP contribution in [0.4, 0.5) is 18.9 Å². The van der Waals surface area contributed by atoms with Gasteiger partial charge < -0.3 is 10.1 Å². The fourth-order valence-electron chi connectivity index (χ4n) is 5.73. The summed E-state index contributed by atoms with van der Waals surface area (Å²) in [5.74, 6) is 1.95. The smallest absolute Gasteiger partial charge is 0.416 e. The molecule has 0 spiro atoms. The zero-order chi connectivity index (χ0) is 18.5. The van der Waals surface area contributed by atoms with Gasteiger partial charge in [-0.25, -0.2) is 0 Å². The molecule has 0 aromatic heterocycles. The molecule has 0 saturated heterocycles. The van der Waals surface area contributed by atoms with Crippen molar-refractivity contribution in [1.82, 2.24) is 0 Å². The van der Waals surface area contributed by atoms with Crippen LogP contribution in [0, 0.1) is 23.2 Å². The van der Waals surface area contributed by atoms with E-state index in [1.807, 2.05) is 0 Å². The predicted octanol–water partition coefficient (Wildman–Crippen LogP) is 5.26. The molecule has 0 aliphatic heterocycles. The third-order valence-electron chi connectivity index (χ3n) is 6.37. The Balaban J connectivity index is 1.61. The lowest BCUT2D eigenvalue weighted by atomic mass is 9.49. The first-order valence-electron chi connectivity index (χ1n) is 9.44. The highest BCUT2D eigenvalue weighted by molar-refractivity contribution is 5.97. The molecule has 0 atom stereocenters. The Hall–Kier alpha value is -1.72. The van der Waals surface area contributed by atoms with E-state index in [4.69, 9.17) is 4.74 Å². The first kappa shape index (κ1) is 17.7. The van der Waals surface area contributed by atoms with Crippen LogP contribution in [-0.4, -0.2) is 12.5 Å². The Bertz CT molecular complexity index is 678. The summed E-state index contributed by atoms with van der Waals surface area (Å²) in [5.41, 5.74) is -1.06. The number of carbonyl (C=O) groups excluding carboxylic acids is 1. The second-order valence-corrected chi connectivity index (χ2v) is 8.29. The van der Waals surface area contributed by atoms with Crippen molar-refractivity contribution in [1.29, 1.82) is 0 Å². The van der Waals surface area contributed by atoms with Gasteiger partial charge >= 0.3 is 6.18 Å². The molecule has 4 aliphatic rings. The summed E-state index contributed by atoms with van der Waals surface area (Å²) in [6.07, 6.45) is 1.78. The van der Waals surface area contributed by atoms with Crippen molar-refractivity contribution < 1.29 is 22.7 Å². The molecule has 4 bridgehead atoms. The van der Waals surface area contributed by atoms with Gasteiger partial charge in [-0.2, -0.15) is 13.2 Å². The van der Waals surface area contributed by atoms with E-state index in [1.165, 1.54) is 25.3 Å². The summed E-state index contributed by atoms with van der Waals surface area (Å²) in [5, 5.41) is 2.80. The topological polar surface area (TPSA) is 38.3 Å². The summed E-state index contributed by atoms with van der Waals surface area (Å²) >= 11 is 0. The first-order chi connectivity index (χ1) is 12.3. The fraction of sp³-hybridized carbons (Fsp3) is 0.650. The van der Waals surface area contributed by atoms with Crippen LogP contribution in [0.5, 0.6) is 5.75 Å². The van der Waals surface area contributed by atoms with Crippen molar-refractivity contribution in [3.63, 3.8) is 0 Å². The lowest BCUT2D eigenvalue weighted by molar-refractivity contribution is -0.140. The van der Waals surface area contributed by atoms with E-state index in [-0.39, 0.29) is 11.6 Å². The molecule has 3 nitrogen and oxygen atoms in total. The number of halogens is 3. The van der Waals surface area contributed by atoms with Crippen molar-refractivity contribution in [2.45, 2.75) is 51.6 Å². The molecule has 1 aromatic carbocycles. The van der Waals surface area contributed by atoms with Crippen molar-refractivity contribution in [3.8, 4) is 5.75 Å². The number of carbonyl (C=O) groups is 1. The van der Waals surface area contributed by atoms with Crippen molar-refractivity contribution >= 4 is 11.6 Å². The largest absolute Gasteiger partial charge is 0.492 e. The van der Waals surface area contributed by atoms with Crippen LogP contribution < -0.4 is 10.1 Å². The van der Waals surface area contributed by atoms with Crippen LogP contribution in [-0.2, 0) is 11.0 Å². The third kappa shape index (κ3) is 3.08. The second-order valence-electron chi connectivity index (χ2n) is 8.29. The monoisotopic (exact) mass is 367 g/mol. The minimum atomic E-state index is -4.45. The molecule has 26 heavy (non-hydrogen) atoms. The van der Waals surface area contributed by atoms with Crippen LogP contribution in [0.1, 0.15) is 51.0 Å². The Morgan fingerprint density at radius 2 is 1.73 bits per heavy atom. The van der Waals surface area contributed by atoms with Crippen molar-refractivity contribution in [2.24, 2.45) is 23.2 Å². The number of hydrogen-bond donors (Lipinski definition) is 1. The fourth-order valence-corrected chi connectivity index (χ4v) is 5.73. The number of alkyl halides is 3. The highest BCUT2D eigenvalue weighted by Crippen LogP contribution is 2.60. The molecule has 5 rings (SSSR count). The van der Waals surface area contributed by atoms with Crippen LogP contribution in [0.15, 0.2) is 18.2 Å². The Morgan fingerprint density at radius 1 is 1.15 bits per heavy atom. The quantitative estimate of drug-likeness (QED) is 0.788. The number of rotatable bonds is 4. The molecule has 0 radical (unpaired) electrons. The van der Waals surface area contributed by atoms with Gasteiger partial charge in [-0.05, 0) is 81.4 Å². The van der Waals surface area contributed by atoms with Gasteiger partial charge in [0.1, 0.15) is 5.75 Å². The van der Waals surface area contributed by atoms with E-state index >= 15 is 0 Å². The maximum atomic E-state index is 13.1. The van der Waals surface area contributed by atoms with E-state index < -0.39 is 17.2 Å². The zero-order valence-electron chi connectivity index (χ0n) is 14.9. The van der Waals surface area contributed by atoms with E-state index in [0.717, 1.165) is 31.4 Å². The van der Waals surface area contributed by atoms with Gasteiger partial charge in [-0.15, -0.1) is 0 Å². The molecule has 1 amide bonds. The van der Waals surface area contributed by atoms with Gasteiger partial charge in [-0.1, -0.05) is 0 Å². The number of nitrogens with one attached hydrogen (secondary N) is 1. The number of ether oxygens (including phenoxy) is 1. The van der Waals surface area contributed by atoms with E-state index in [2.05, 4.69) is 5.32 Å². The maximum absolute atomic E-state index is 13.1. The van der Waals surface area contributed by atoms with E-state index in [9.17, 15) is 18.0 Å². The second kappa shape index (κ2) is 6.17. The van der Waals surface area contributed by atoms with Gasteiger partial charge in [0.2, 0.25) is 5.91 Å². The lowest BCUT2D eigenvalue weighted by Crippen LogP contribution is -2.51. The summed E-state index contributed by atoms with van der Waals surface area (Å²) in [6, 6.07) is 3.27. The summed E-state index contributed by atoms with van der Waals surface area (Å²) in [6.45, 7) is 2.09. The van der Waals surface area contributed by atoms with Gasteiger partial charge in [0.25, 0.3) is 0 Å². The molecule has 4 saturated carbocycles. The summed E-state index contributed by atoms with van der Waals surface area (Å²) in [7, 11) is 0. The number of hydrogen-bond acceptors (Lipinski definition) is 2. The zero-order valence-corrected chi connectivity index (χ0v) is 14.9. The average Bonchev–Trinajstić information content (AvgIpc) is 2.54. The number of amides is 1. The third-order valence-corrected chi connectivity index (χ3v) is 6.37. The van der Waals surface area contributed by atoms with Crippen molar-refractivity contribution in [2.75, 3.05) is 11.9 Å². The molecule has 4 aliphatic carbocycles. The SMILES string of the molecule is CCOc1ccc(C(F)(F)F)cc1NC(=O)C12CC3CC(CC(C3)C1)C2. The van der Waals surface area contributed by atoms with Crippen LogP contribution in [0.2, 0.25) is 0 Å². The minimum Gasteiger partial charge on any atom is -0.492 e. The normalized spacial score (nSPS) is 32.5. The molecule has 0 heterocycles. The molecular weight excluding hydrogens is 343 g/mol. The Labute approximate surface area is 151 Å². The standard InChI is InChI=1S/C20H24F3NO2/c1-2-26-17-4-3-15(20(21,22)23)8-16(17)24-18(25)19-9-12-5-13(10-19)7-14(6-12)11-19/h3-4,8,12-14H,2,5-7,9-11H2,1H3,(H,24,25). The number of anilines is 1. The van der Waals surface area contributed by atoms with Crippen LogP contribution in [0.25, 0.3) is 0 Å². The minimum absolute atomic E-state index is 0.127. The Morgan fingerprint density at radius 3 is 2.23 bits per heavy atom. The Kier molecular flexibility index (Phi) is 4.20. The lowest BCUT2D eigenvalue weighted by Gasteiger charge is -2.55. The average molecular weight is 367 g/mol. The molecule has 1 aromatic rings. The van der Waals surface area contributed by atoms with Crippen LogP contribution >= 0.6 is 0 Å². The highest BCUT2D eigenvalue weighted by atomic mass is 19.4. The number of benzene rings is 1. The molecule has 0 unspecified atom stereocenters. The first-order valence-corrected chi connectivity index (χ1v) is 9.44. The van der Waals surface area contributed by atoms with Crippen LogP contribution in [0.3, 0.4) is 0 Å². The molecule has 6 heteroatoms. The highest BCUT2D eigenvalue weighted by Gasteiger charge is 2.54. The summed E-state index contributed by atoms with van der Waals surface area (Å²) in [4.78, 5) is 13.1. The van der Waals surface area contributed by atoms with E-state index in [0.29, 0.717) is 30.1 Å². The maximum Gasteiger partial charge on any atom is 0.416 e. The van der Waals surface area contributed by atoms with E-state index in [1.54, 1.807) is 6.92 Å². The van der Waals surface area contributed by atoms with Gasteiger partial charge in [0.05, 0.1) is 23.3 Å². The molecule has 142 valence electrons.